The van der Waals surface area contributed by atoms with Crippen LogP contribution in [0.2, 0.25) is 0 Å². The Kier molecular flexibility index (Phi) is 2.62. The van der Waals surface area contributed by atoms with Crippen molar-refractivity contribution in [1.82, 2.24) is 0 Å². The Bertz CT molecular complexity index is 466. The minimum Gasteiger partial charge on any atom is -0.206 e. The molecule has 0 aromatic heterocycles. The normalized spacial score (nSPS) is 11.1. The van der Waals surface area contributed by atoms with Crippen LogP contribution < -0.4 is 0 Å². The summed E-state index contributed by atoms with van der Waals surface area (Å²) in [5, 5.41) is 1.32. The van der Waals surface area contributed by atoms with Crippen LogP contribution in [0.4, 0.5) is 4.39 Å². The third-order valence-electron chi connectivity index (χ3n) is 2.14. The summed E-state index contributed by atoms with van der Waals surface area (Å²) in [5.74, 6) is -0.252. The predicted molar refractivity (Wildman–Crippen MR) is 58.4 cm³/mol. The zero-order valence-corrected chi connectivity index (χ0v) is 8.69. The molecule has 72 valence electrons. The van der Waals surface area contributed by atoms with Crippen LogP contribution in [0.15, 0.2) is 36.4 Å². The van der Waals surface area contributed by atoms with E-state index in [0.29, 0.717) is 5.39 Å². The number of hydrogen-bond donors (Lipinski definition) is 0. The van der Waals surface area contributed by atoms with E-state index in [-0.39, 0.29) is 5.82 Å². The molecule has 0 saturated heterocycles. The van der Waals surface area contributed by atoms with Gasteiger partial charge in [0.1, 0.15) is 10.7 Å². The molecule has 0 atom stereocenters. The summed E-state index contributed by atoms with van der Waals surface area (Å²) in [5.41, 5.74) is 0.741. The van der Waals surface area contributed by atoms with Gasteiger partial charge in [0, 0.05) is 5.39 Å². The Labute approximate surface area is 91.3 Å². The SMILES string of the molecule is Fc1ccc(C(Cl)Cl)c2ccccc12. The molecule has 0 bridgehead atoms. The molecule has 2 aromatic rings. The lowest BCUT2D eigenvalue weighted by atomic mass is 10.1. The Morgan fingerprint density at radius 2 is 1.57 bits per heavy atom. The van der Waals surface area contributed by atoms with E-state index in [1.165, 1.54) is 6.07 Å². The van der Waals surface area contributed by atoms with E-state index in [1.807, 2.05) is 12.1 Å². The highest BCUT2D eigenvalue weighted by Gasteiger charge is 2.10. The summed E-state index contributed by atoms with van der Waals surface area (Å²) < 4.78 is 13.3. The van der Waals surface area contributed by atoms with Crippen LogP contribution in [0, 0.1) is 5.82 Å². The highest BCUT2D eigenvalue weighted by Crippen LogP contribution is 2.32. The van der Waals surface area contributed by atoms with E-state index < -0.39 is 4.84 Å². The van der Waals surface area contributed by atoms with Gasteiger partial charge in [0.2, 0.25) is 0 Å². The maximum atomic E-state index is 13.3. The molecule has 0 spiro atoms. The average Bonchev–Trinajstić information content (AvgIpc) is 2.18. The number of alkyl halides is 2. The Morgan fingerprint density at radius 3 is 2.21 bits per heavy atom. The smallest absolute Gasteiger partial charge is 0.133 e. The number of rotatable bonds is 1. The number of benzene rings is 2. The van der Waals surface area contributed by atoms with E-state index in [2.05, 4.69) is 0 Å². The molecule has 3 heteroatoms. The molecule has 14 heavy (non-hydrogen) atoms. The van der Waals surface area contributed by atoms with Crippen LogP contribution in [-0.4, -0.2) is 0 Å². The molecule has 0 nitrogen and oxygen atoms in total. The molecule has 0 heterocycles. The van der Waals surface area contributed by atoms with Gasteiger partial charge in [0.15, 0.2) is 0 Å². The average molecular weight is 229 g/mol. The van der Waals surface area contributed by atoms with E-state index in [9.17, 15) is 4.39 Å². The first-order valence-corrected chi connectivity index (χ1v) is 5.02. The number of fused-ring (bicyclic) bond motifs is 1. The third-order valence-corrected chi connectivity index (χ3v) is 2.61. The highest BCUT2D eigenvalue weighted by atomic mass is 35.5. The molecular weight excluding hydrogens is 222 g/mol. The van der Waals surface area contributed by atoms with Crippen molar-refractivity contribution < 1.29 is 4.39 Å². The largest absolute Gasteiger partial charge is 0.206 e. The van der Waals surface area contributed by atoms with E-state index >= 15 is 0 Å². The van der Waals surface area contributed by atoms with Crippen LogP contribution in [-0.2, 0) is 0 Å². The monoisotopic (exact) mass is 228 g/mol. The van der Waals surface area contributed by atoms with Gasteiger partial charge in [0.05, 0.1) is 0 Å². The van der Waals surface area contributed by atoms with Gasteiger partial charge in [-0.25, -0.2) is 4.39 Å². The van der Waals surface area contributed by atoms with Crippen LogP contribution in [0.3, 0.4) is 0 Å². The van der Waals surface area contributed by atoms with Crippen molar-refractivity contribution in [2.24, 2.45) is 0 Å². The molecule has 0 N–H and O–H groups in total. The Hall–Kier alpha value is -0.790. The molecule has 0 saturated carbocycles. The van der Waals surface area contributed by atoms with Gasteiger partial charge in [-0.05, 0) is 17.0 Å². The van der Waals surface area contributed by atoms with E-state index in [1.54, 1.807) is 18.2 Å². The van der Waals surface area contributed by atoms with Gasteiger partial charge in [-0.3, -0.25) is 0 Å². The van der Waals surface area contributed by atoms with E-state index in [0.717, 1.165) is 10.9 Å². The lowest BCUT2D eigenvalue weighted by molar-refractivity contribution is 0.639. The quantitative estimate of drug-likeness (QED) is 0.633. The number of halogens is 3. The fourth-order valence-corrected chi connectivity index (χ4v) is 1.86. The van der Waals surface area contributed by atoms with Crippen molar-refractivity contribution in [3.8, 4) is 0 Å². The maximum absolute atomic E-state index is 13.3. The van der Waals surface area contributed by atoms with Crippen molar-refractivity contribution in [3.05, 3.63) is 47.8 Å². The van der Waals surface area contributed by atoms with Gasteiger partial charge in [-0.2, -0.15) is 0 Å². The molecule has 0 radical (unpaired) electrons. The summed E-state index contributed by atoms with van der Waals surface area (Å²) in [6.07, 6.45) is 0. The summed E-state index contributed by atoms with van der Waals surface area (Å²) in [4.78, 5) is -0.625. The van der Waals surface area contributed by atoms with Crippen LogP contribution >= 0.6 is 23.2 Å². The molecule has 0 aliphatic heterocycles. The second kappa shape index (κ2) is 3.76. The van der Waals surface area contributed by atoms with Crippen molar-refractivity contribution >= 4 is 34.0 Å². The lowest BCUT2D eigenvalue weighted by Crippen LogP contribution is -1.87. The van der Waals surface area contributed by atoms with Crippen LogP contribution in [0.1, 0.15) is 10.4 Å². The first-order chi connectivity index (χ1) is 6.70. The first kappa shape index (κ1) is 9.75. The van der Waals surface area contributed by atoms with Crippen molar-refractivity contribution in [2.75, 3.05) is 0 Å². The standard InChI is InChI=1S/C11H7Cl2F/c12-11(13)9-5-6-10(14)8-4-2-1-3-7(8)9/h1-6,11H. The van der Waals surface area contributed by atoms with Gasteiger partial charge in [-0.15, -0.1) is 23.2 Å². The predicted octanol–water partition coefficient (Wildman–Crippen LogP) is 4.46. The Balaban J connectivity index is 2.82. The highest BCUT2D eigenvalue weighted by molar-refractivity contribution is 6.44. The molecule has 0 unspecified atom stereocenters. The van der Waals surface area contributed by atoms with Crippen molar-refractivity contribution in [1.29, 1.82) is 0 Å². The minimum absolute atomic E-state index is 0.252. The molecule has 0 aliphatic carbocycles. The molecule has 0 aliphatic rings. The van der Waals surface area contributed by atoms with Gasteiger partial charge < -0.3 is 0 Å². The summed E-state index contributed by atoms with van der Waals surface area (Å²) in [6.45, 7) is 0. The molecule has 0 fully saturated rings. The second-order valence-electron chi connectivity index (χ2n) is 2.98. The fourth-order valence-electron chi connectivity index (χ4n) is 1.48. The van der Waals surface area contributed by atoms with Crippen molar-refractivity contribution in [3.63, 3.8) is 0 Å². The topological polar surface area (TPSA) is 0 Å². The second-order valence-corrected chi connectivity index (χ2v) is 4.08. The summed E-state index contributed by atoms with van der Waals surface area (Å²) in [7, 11) is 0. The minimum atomic E-state index is -0.625. The van der Waals surface area contributed by atoms with Crippen molar-refractivity contribution in [2.45, 2.75) is 4.84 Å². The third kappa shape index (κ3) is 1.58. The fraction of sp³-hybridized carbons (Fsp3) is 0.0909. The summed E-state index contributed by atoms with van der Waals surface area (Å²) in [6, 6.07) is 10.1. The first-order valence-electron chi connectivity index (χ1n) is 4.15. The Morgan fingerprint density at radius 1 is 0.929 bits per heavy atom. The molecule has 2 rings (SSSR count). The number of hydrogen-bond acceptors (Lipinski definition) is 0. The van der Waals surface area contributed by atoms with Crippen LogP contribution in [0.25, 0.3) is 10.8 Å². The van der Waals surface area contributed by atoms with Gasteiger partial charge >= 0.3 is 0 Å². The zero-order valence-electron chi connectivity index (χ0n) is 7.18. The van der Waals surface area contributed by atoms with Gasteiger partial charge in [-0.1, -0.05) is 30.3 Å². The van der Waals surface area contributed by atoms with Crippen LogP contribution in [0.5, 0.6) is 0 Å². The maximum Gasteiger partial charge on any atom is 0.133 e. The van der Waals surface area contributed by atoms with E-state index in [4.69, 9.17) is 23.2 Å². The summed E-state index contributed by atoms with van der Waals surface area (Å²) >= 11 is 11.6. The lowest BCUT2D eigenvalue weighted by Gasteiger charge is -2.07. The zero-order chi connectivity index (χ0) is 10.1. The van der Waals surface area contributed by atoms with Gasteiger partial charge in [0.25, 0.3) is 0 Å². The molecular formula is C11H7Cl2F. The molecule has 0 amide bonds. The molecule has 2 aromatic carbocycles.